The van der Waals surface area contributed by atoms with Gasteiger partial charge in [-0.3, -0.25) is 4.79 Å². The van der Waals surface area contributed by atoms with Gasteiger partial charge >= 0.3 is 0 Å². The van der Waals surface area contributed by atoms with Gasteiger partial charge in [-0.2, -0.15) is 0 Å². The van der Waals surface area contributed by atoms with E-state index < -0.39 is 0 Å². The largest absolute Gasteiger partial charge is 0.355 e. The lowest BCUT2D eigenvalue weighted by Crippen LogP contribution is -2.48. The number of carbonyl (C=O) groups is 1. The van der Waals surface area contributed by atoms with Crippen molar-refractivity contribution in [1.82, 2.24) is 10.6 Å². The average molecular weight is 301 g/mol. The van der Waals surface area contributed by atoms with E-state index in [0.29, 0.717) is 11.7 Å². The molecule has 5 heteroatoms. The molecule has 0 aromatic heterocycles. The molecule has 1 aromatic carbocycles. The highest BCUT2D eigenvalue weighted by Crippen LogP contribution is 2.23. The van der Waals surface area contributed by atoms with Crippen LogP contribution >= 0.6 is 24.2 Å². The van der Waals surface area contributed by atoms with Crippen molar-refractivity contribution in [3.8, 4) is 0 Å². The maximum atomic E-state index is 11.7. The summed E-state index contributed by atoms with van der Waals surface area (Å²) in [6.07, 6.45) is 0. The molecule has 1 heterocycles. The summed E-state index contributed by atoms with van der Waals surface area (Å²) in [5.41, 5.74) is 2.48. The molecule has 0 aliphatic carbocycles. The first kappa shape index (κ1) is 16.3. The predicted octanol–water partition coefficient (Wildman–Crippen LogP) is 2.15. The average Bonchev–Trinajstić information content (AvgIpc) is 2.28. The van der Waals surface area contributed by atoms with Crippen LogP contribution in [0.1, 0.15) is 11.1 Å². The lowest BCUT2D eigenvalue weighted by atomic mass is 10.0. The first-order valence-electron chi connectivity index (χ1n) is 6.32. The molecule has 0 spiro atoms. The highest BCUT2D eigenvalue weighted by Gasteiger charge is 2.17. The number of rotatable bonds is 5. The molecule has 1 aliphatic rings. The summed E-state index contributed by atoms with van der Waals surface area (Å²) in [6.45, 7) is 7.03. The van der Waals surface area contributed by atoms with Gasteiger partial charge in [-0.1, -0.05) is 17.7 Å². The van der Waals surface area contributed by atoms with Crippen molar-refractivity contribution >= 4 is 30.1 Å². The Hall–Kier alpha value is -0.710. The van der Waals surface area contributed by atoms with Gasteiger partial charge in [0.05, 0.1) is 5.75 Å². The molecule has 3 nitrogen and oxygen atoms in total. The second-order valence-corrected chi connectivity index (χ2v) is 5.90. The Morgan fingerprint density at radius 3 is 2.79 bits per heavy atom. The maximum absolute atomic E-state index is 11.7. The van der Waals surface area contributed by atoms with Crippen molar-refractivity contribution < 1.29 is 4.79 Å². The zero-order valence-corrected chi connectivity index (χ0v) is 13.0. The van der Waals surface area contributed by atoms with Crippen LogP contribution in [0.5, 0.6) is 0 Å². The molecule has 2 N–H and O–H groups in total. The van der Waals surface area contributed by atoms with Crippen LogP contribution in [0.15, 0.2) is 23.1 Å². The Balaban J connectivity index is 0.00000180. The summed E-state index contributed by atoms with van der Waals surface area (Å²) in [4.78, 5) is 12.9. The third-order valence-electron chi connectivity index (χ3n) is 3.16. The van der Waals surface area contributed by atoms with Crippen molar-refractivity contribution in [1.29, 1.82) is 0 Å². The molecule has 0 radical (unpaired) electrons. The van der Waals surface area contributed by atoms with E-state index in [-0.39, 0.29) is 18.3 Å². The lowest BCUT2D eigenvalue weighted by molar-refractivity contribution is -0.118. The molecule has 1 aliphatic heterocycles. The predicted molar refractivity (Wildman–Crippen MR) is 83.3 cm³/mol. The van der Waals surface area contributed by atoms with Gasteiger partial charge in [-0.05, 0) is 25.5 Å². The summed E-state index contributed by atoms with van der Waals surface area (Å²) in [5, 5.41) is 6.19. The second kappa shape index (κ2) is 7.78. The zero-order chi connectivity index (χ0) is 13.0. The standard InChI is InChI=1S/C14H20N2OS.ClH/c1-10-3-4-11(2)13(5-10)18-9-14(17)16-8-12-6-15-7-12;/h3-5,12,15H,6-9H2,1-2H3,(H,16,17);1H. The third-order valence-corrected chi connectivity index (χ3v) is 4.31. The minimum absolute atomic E-state index is 0. The molecule has 1 fully saturated rings. The molecular weight excluding hydrogens is 280 g/mol. The Labute approximate surface area is 125 Å². The van der Waals surface area contributed by atoms with Crippen LogP contribution in [0.2, 0.25) is 0 Å². The number of benzene rings is 1. The number of halogens is 1. The fourth-order valence-corrected chi connectivity index (χ4v) is 2.76. The first-order chi connectivity index (χ1) is 8.65. The van der Waals surface area contributed by atoms with Crippen LogP contribution in [0.3, 0.4) is 0 Å². The molecule has 1 aromatic rings. The monoisotopic (exact) mass is 300 g/mol. The SMILES string of the molecule is Cc1ccc(C)c(SCC(=O)NCC2CNC2)c1.Cl. The van der Waals surface area contributed by atoms with Gasteiger partial charge in [0.1, 0.15) is 0 Å². The highest BCUT2D eigenvalue weighted by molar-refractivity contribution is 8.00. The normalized spacial score (nSPS) is 14.4. The third kappa shape index (κ3) is 5.05. The summed E-state index contributed by atoms with van der Waals surface area (Å²) in [7, 11) is 0. The molecule has 1 saturated heterocycles. The molecule has 0 bridgehead atoms. The van der Waals surface area contributed by atoms with Crippen molar-refractivity contribution in [3.05, 3.63) is 29.3 Å². The number of carbonyl (C=O) groups excluding carboxylic acids is 1. The smallest absolute Gasteiger partial charge is 0.230 e. The van der Waals surface area contributed by atoms with Crippen LogP contribution in [-0.2, 0) is 4.79 Å². The number of nitrogens with one attached hydrogen (secondary N) is 2. The van der Waals surface area contributed by atoms with Crippen LogP contribution in [0, 0.1) is 19.8 Å². The fraction of sp³-hybridized carbons (Fsp3) is 0.500. The van der Waals surface area contributed by atoms with E-state index in [9.17, 15) is 4.79 Å². The van der Waals surface area contributed by atoms with E-state index >= 15 is 0 Å². The minimum atomic E-state index is 0. The minimum Gasteiger partial charge on any atom is -0.355 e. The van der Waals surface area contributed by atoms with Gasteiger partial charge in [0.25, 0.3) is 0 Å². The molecule has 0 atom stereocenters. The van der Waals surface area contributed by atoms with Crippen molar-refractivity contribution in [3.63, 3.8) is 0 Å². The topological polar surface area (TPSA) is 41.1 Å². The molecule has 2 rings (SSSR count). The van der Waals surface area contributed by atoms with Crippen LogP contribution in [-0.4, -0.2) is 31.3 Å². The van der Waals surface area contributed by atoms with E-state index in [4.69, 9.17) is 0 Å². The Morgan fingerprint density at radius 2 is 2.16 bits per heavy atom. The lowest BCUT2D eigenvalue weighted by Gasteiger charge is -2.27. The van der Waals surface area contributed by atoms with Gasteiger partial charge in [0.15, 0.2) is 0 Å². The second-order valence-electron chi connectivity index (χ2n) is 4.89. The van der Waals surface area contributed by atoms with E-state index in [2.05, 4.69) is 42.7 Å². The number of aryl methyl sites for hydroxylation is 2. The molecular formula is C14H21ClN2OS. The number of thioether (sulfide) groups is 1. The summed E-state index contributed by atoms with van der Waals surface area (Å²) in [5.74, 6) is 1.26. The van der Waals surface area contributed by atoms with Gasteiger partial charge < -0.3 is 10.6 Å². The van der Waals surface area contributed by atoms with Gasteiger partial charge in [0.2, 0.25) is 5.91 Å². The molecule has 19 heavy (non-hydrogen) atoms. The van der Waals surface area contributed by atoms with E-state index in [1.807, 2.05) is 0 Å². The van der Waals surface area contributed by atoms with Crippen LogP contribution < -0.4 is 10.6 Å². The molecule has 106 valence electrons. The Kier molecular flexibility index (Phi) is 6.69. The summed E-state index contributed by atoms with van der Waals surface area (Å²) >= 11 is 1.62. The fourth-order valence-electron chi connectivity index (χ4n) is 1.81. The van der Waals surface area contributed by atoms with Gasteiger partial charge in [0, 0.05) is 30.4 Å². The number of hydrogen-bond acceptors (Lipinski definition) is 3. The maximum Gasteiger partial charge on any atom is 0.230 e. The molecule has 0 saturated carbocycles. The van der Waals surface area contributed by atoms with E-state index in [1.165, 1.54) is 16.0 Å². The zero-order valence-electron chi connectivity index (χ0n) is 11.4. The molecule has 0 unspecified atom stereocenters. The molecule has 1 amide bonds. The van der Waals surface area contributed by atoms with Crippen molar-refractivity contribution in [2.24, 2.45) is 5.92 Å². The van der Waals surface area contributed by atoms with Gasteiger partial charge in [-0.25, -0.2) is 0 Å². The van der Waals surface area contributed by atoms with Gasteiger partial charge in [-0.15, -0.1) is 24.2 Å². The van der Waals surface area contributed by atoms with Crippen LogP contribution in [0.4, 0.5) is 0 Å². The first-order valence-corrected chi connectivity index (χ1v) is 7.31. The number of hydrogen-bond donors (Lipinski definition) is 2. The number of amides is 1. The Bertz CT molecular complexity index is 435. The van der Waals surface area contributed by atoms with E-state index in [1.54, 1.807) is 11.8 Å². The van der Waals surface area contributed by atoms with Crippen LogP contribution in [0.25, 0.3) is 0 Å². The van der Waals surface area contributed by atoms with E-state index in [0.717, 1.165) is 19.6 Å². The quantitative estimate of drug-likeness (QED) is 0.819. The summed E-state index contributed by atoms with van der Waals surface area (Å²) in [6, 6.07) is 6.35. The Morgan fingerprint density at radius 1 is 1.42 bits per heavy atom. The summed E-state index contributed by atoms with van der Waals surface area (Å²) < 4.78 is 0. The van der Waals surface area contributed by atoms with Crippen molar-refractivity contribution in [2.45, 2.75) is 18.7 Å². The highest BCUT2D eigenvalue weighted by atomic mass is 35.5. The van der Waals surface area contributed by atoms with Crippen molar-refractivity contribution in [2.75, 3.05) is 25.4 Å².